The molecule has 7 nitrogen and oxygen atoms in total. The Kier molecular flexibility index (Phi) is 9.36. The SMILES string of the molecule is CCS(=O)(=O)N(C)CCCNC(=NC)NCC(C)Oc1ccccc1F. The summed E-state index contributed by atoms with van der Waals surface area (Å²) in [5.41, 5.74) is 0. The van der Waals surface area contributed by atoms with Gasteiger partial charge in [0.2, 0.25) is 10.0 Å². The first kappa shape index (κ1) is 22.2. The first-order valence-corrected chi connectivity index (χ1v) is 10.2. The smallest absolute Gasteiger partial charge is 0.213 e. The lowest BCUT2D eigenvalue weighted by Crippen LogP contribution is -2.42. The van der Waals surface area contributed by atoms with Crippen LogP contribution in [0, 0.1) is 5.82 Å². The Balaban J connectivity index is 2.31. The number of aliphatic imine (C=N–C) groups is 1. The summed E-state index contributed by atoms with van der Waals surface area (Å²) in [6.45, 7) is 4.91. The van der Waals surface area contributed by atoms with Gasteiger partial charge in [0.15, 0.2) is 17.5 Å². The largest absolute Gasteiger partial charge is 0.486 e. The third-order valence-electron chi connectivity index (χ3n) is 3.73. The van der Waals surface area contributed by atoms with Gasteiger partial charge in [-0.15, -0.1) is 0 Å². The molecule has 0 amide bonds. The molecule has 1 atom stereocenters. The number of nitrogens with zero attached hydrogens (tertiary/aromatic N) is 2. The van der Waals surface area contributed by atoms with Crippen LogP contribution in [0.5, 0.6) is 5.75 Å². The fraction of sp³-hybridized carbons (Fsp3) is 0.588. The average molecular weight is 389 g/mol. The Labute approximate surface area is 155 Å². The maximum Gasteiger partial charge on any atom is 0.213 e. The van der Waals surface area contributed by atoms with Crippen LogP contribution in [0.4, 0.5) is 4.39 Å². The molecule has 0 aliphatic heterocycles. The van der Waals surface area contributed by atoms with Crippen LogP contribution in [0.3, 0.4) is 0 Å². The summed E-state index contributed by atoms with van der Waals surface area (Å²) in [4.78, 5) is 4.10. The van der Waals surface area contributed by atoms with Gasteiger partial charge in [0.1, 0.15) is 6.10 Å². The molecule has 0 spiro atoms. The number of halogens is 1. The van der Waals surface area contributed by atoms with Gasteiger partial charge in [-0.05, 0) is 32.4 Å². The van der Waals surface area contributed by atoms with Crippen molar-refractivity contribution in [1.82, 2.24) is 14.9 Å². The summed E-state index contributed by atoms with van der Waals surface area (Å²) in [6.07, 6.45) is 0.392. The highest BCUT2D eigenvalue weighted by Crippen LogP contribution is 2.16. The normalized spacial score (nSPS) is 13.5. The average Bonchev–Trinajstić information content (AvgIpc) is 2.62. The van der Waals surface area contributed by atoms with E-state index in [1.807, 2.05) is 6.92 Å². The summed E-state index contributed by atoms with van der Waals surface area (Å²) in [5, 5.41) is 6.21. The number of hydrogen-bond acceptors (Lipinski definition) is 4. The molecular formula is C17H29FN4O3S. The first-order chi connectivity index (χ1) is 12.3. The van der Waals surface area contributed by atoms with Gasteiger partial charge in [-0.2, -0.15) is 0 Å². The second-order valence-electron chi connectivity index (χ2n) is 5.81. The lowest BCUT2D eigenvalue weighted by Gasteiger charge is -2.19. The minimum absolute atomic E-state index is 0.0973. The molecular weight excluding hydrogens is 359 g/mol. The molecule has 0 aliphatic carbocycles. The summed E-state index contributed by atoms with van der Waals surface area (Å²) in [7, 11) is 0.0746. The number of nitrogens with one attached hydrogen (secondary N) is 2. The monoisotopic (exact) mass is 388 g/mol. The van der Waals surface area contributed by atoms with Crippen LogP contribution in [-0.2, 0) is 10.0 Å². The lowest BCUT2D eigenvalue weighted by molar-refractivity contribution is 0.214. The molecule has 0 aromatic heterocycles. The molecule has 1 rings (SSSR count). The van der Waals surface area contributed by atoms with Gasteiger partial charge in [-0.25, -0.2) is 17.1 Å². The standard InChI is InChI=1S/C17H29FN4O3S/c1-5-26(23,24)22(4)12-8-11-20-17(19-3)21-13-14(2)25-16-10-7-6-9-15(16)18/h6-7,9-10,14H,5,8,11-13H2,1-4H3,(H2,19,20,21). The molecule has 2 N–H and O–H groups in total. The third-order valence-corrected chi connectivity index (χ3v) is 5.59. The van der Waals surface area contributed by atoms with E-state index in [1.54, 1.807) is 39.2 Å². The molecule has 0 bridgehead atoms. The molecule has 0 aliphatic rings. The zero-order valence-corrected chi connectivity index (χ0v) is 16.6. The van der Waals surface area contributed by atoms with Crippen molar-refractivity contribution < 1.29 is 17.5 Å². The predicted octanol–water partition coefficient (Wildman–Crippen LogP) is 1.43. The predicted molar refractivity (Wildman–Crippen MR) is 103 cm³/mol. The summed E-state index contributed by atoms with van der Waals surface area (Å²) in [6, 6.07) is 6.26. The minimum Gasteiger partial charge on any atom is -0.486 e. The molecule has 26 heavy (non-hydrogen) atoms. The highest BCUT2D eigenvalue weighted by atomic mass is 32.2. The molecule has 148 valence electrons. The van der Waals surface area contributed by atoms with E-state index in [-0.39, 0.29) is 17.6 Å². The molecule has 0 heterocycles. The maximum absolute atomic E-state index is 13.6. The Morgan fingerprint density at radius 2 is 2.04 bits per heavy atom. The van der Waals surface area contributed by atoms with E-state index in [4.69, 9.17) is 4.74 Å². The number of ether oxygens (including phenoxy) is 1. The zero-order valence-electron chi connectivity index (χ0n) is 15.8. The molecule has 0 fully saturated rings. The molecule has 1 aromatic carbocycles. The van der Waals surface area contributed by atoms with Crippen LogP contribution < -0.4 is 15.4 Å². The van der Waals surface area contributed by atoms with Crippen molar-refractivity contribution >= 4 is 16.0 Å². The van der Waals surface area contributed by atoms with Crippen molar-refractivity contribution in [3.8, 4) is 5.75 Å². The molecule has 1 aromatic rings. The lowest BCUT2D eigenvalue weighted by atomic mass is 10.3. The van der Waals surface area contributed by atoms with Gasteiger partial charge >= 0.3 is 0 Å². The van der Waals surface area contributed by atoms with Crippen molar-refractivity contribution in [2.75, 3.05) is 39.5 Å². The van der Waals surface area contributed by atoms with E-state index in [9.17, 15) is 12.8 Å². The summed E-state index contributed by atoms with van der Waals surface area (Å²) >= 11 is 0. The van der Waals surface area contributed by atoms with Gasteiger partial charge in [-0.1, -0.05) is 12.1 Å². The van der Waals surface area contributed by atoms with E-state index >= 15 is 0 Å². The number of benzene rings is 1. The van der Waals surface area contributed by atoms with Crippen molar-refractivity contribution in [1.29, 1.82) is 0 Å². The van der Waals surface area contributed by atoms with E-state index in [1.165, 1.54) is 10.4 Å². The zero-order chi connectivity index (χ0) is 19.6. The molecule has 1 unspecified atom stereocenters. The fourth-order valence-corrected chi connectivity index (χ4v) is 2.98. The maximum atomic E-state index is 13.6. The van der Waals surface area contributed by atoms with Crippen LogP contribution in [0.15, 0.2) is 29.3 Å². The van der Waals surface area contributed by atoms with Crippen LogP contribution in [0.2, 0.25) is 0 Å². The van der Waals surface area contributed by atoms with Gasteiger partial charge in [-0.3, -0.25) is 4.99 Å². The van der Waals surface area contributed by atoms with Crippen molar-refractivity contribution in [3.63, 3.8) is 0 Å². The van der Waals surface area contributed by atoms with Crippen LogP contribution >= 0.6 is 0 Å². The quantitative estimate of drug-likeness (QED) is 0.360. The van der Waals surface area contributed by atoms with Crippen LogP contribution in [0.25, 0.3) is 0 Å². The Morgan fingerprint density at radius 3 is 2.65 bits per heavy atom. The fourth-order valence-electron chi connectivity index (χ4n) is 2.13. The van der Waals surface area contributed by atoms with Crippen molar-refractivity contribution in [3.05, 3.63) is 30.1 Å². The topological polar surface area (TPSA) is 83.0 Å². The molecule has 0 radical (unpaired) electrons. The van der Waals surface area contributed by atoms with E-state index < -0.39 is 15.8 Å². The molecule has 0 saturated carbocycles. The summed E-state index contributed by atoms with van der Waals surface area (Å²) in [5.74, 6) is 0.493. The number of rotatable bonds is 10. The molecule has 9 heteroatoms. The third kappa shape index (κ3) is 7.57. The minimum atomic E-state index is -3.15. The number of para-hydroxylation sites is 1. The highest BCUT2D eigenvalue weighted by Gasteiger charge is 2.14. The van der Waals surface area contributed by atoms with Crippen LogP contribution in [-0.4, -0.2) is 64.3 Å². The van der Waals surface area contributed by atoms with Gasteiger partial charge in [0.05, 0.1) is 12.3 Å². The second kappa shape index (κ2) is 11.0. The van der Waals surface area contributed by atoms with E-state index in [2.05, 4.69) is 15.6 Å². The number of guanidine groups is 1. The van der Waals surface area contributed by atoms with Crippen molar-refractivity contribution in [2.24, 2.45) is 4.99 Å². The Morgan fingerprint density at radius 1 is 1.35 bits per heavy atom. The Bertz CT molecular complexity index is 682. The van der Waals surface area contributed by atoms with Crippen LogP contribution in [0.1, 0.15) is 20.3 Å². The van der Waals surface area contributed by atoms with Gasteiger partial charge in [0, 0.05) is 27.2 Å². The summed E-state index contributed by atoms with van der Waals surface area (Å²) < 4.78 is 43.8. The van der Waals surface area contributed by atoms with Gasteiger partial charge < -0.3 is 15.4 Å². The first-order valence-electron chi connectivity index (χ1n) is 8.59. The van der Waals surface area contributed by atoms with E-state index in [0.29, 0.717) is 32.0 Å². The van der Waals surface area contributed by atoms with Gasteiger partial charge in [0.25, 0.3) is 0 Å². The molecule has 0 saturated heterocycles. The Hall–Kier alpha value is -1.87. The second-order valence-corrected chi connectivity index (χ2v) is 8.18. The van der Waals surface area contributed by atoms with E-state index in [0.717, 1.165) is 0 Å². The highest BCUT2D eigenvalue weighted by molar-refractivity contribution is 7.89. The number of sulfonamides is 1. The number of hydrogen-bond donors (Lipinski definition) is 2. The van der Waals surface area contributed by atoms with Crippen molar-refractivity contribution in [2.45, 2.75) is 26.4 Å².